The van der Waals surface area contributed by atoms with E-state index in [4.69, 9.17) is 0 Å². The lowest BCUT2D eigenvalue weighted by molar-refractivity contribution is -0.123. The summed E-state index contributed by atoms with van der Waals surface area (Å²) in [6, 6.07) is 0. The normalized spacial score (nSPS) is 11.1. The average Bonchev–Trinajstić information content (AvgIpc) is 2.89. The molecular formula is C18H27N5O3S. The first-order chi connectivity index (χ1) is 12.8. The minimum atomic E-state index is -0.268. The molecule has 2 heterocycles. The van der Waals surface area contributed by atoms with Gasteiger partial charge in [0.05, 0.1) is 11.7 Å². The quantitative estimate of drug-likeness (QED) is 0.610. The lowest BCUT2D eigenvalue weighted by Gasteiger charge is -2.10. The van der Waals surface area contributed by atoms with Crippen LogP contribution in [0.3, 0.4) is 0 Å². The molecule has 0 aliphatic carbocycles. The maximum atomic E-state index is 12.6. The van der Waals surface area contributed by atoms with E-state index in [2.05, 4.69) is 15.6 Å². The van der Waals surface area contributed by atoms with Crippen molar-refractivity contribution in [3.8, 4) is 0 Å². The first-order valence-corrected chi connectivity index (χ1v) is 9.74. The maximum Gasteiger partial charge on any atom is 0.262 e. The summed E-state index contributed by atoms with van der Waals surface area (Å²) < 4.78 is 1.32. The maximum absolute atomic E-state index is 12.6. The van der Waals surface area contributed by atoms with Gasteiger partial charge in [-0.3, -0.25) is 19.0 Å². The van der Waals surface area contributed by atoms with Crippen LogP contribution in [0.5, 0.6) is 0 Å². The van der Waals surface area contributed by atoms with Gasteiger partial charge in [-0.25, -0.2) is 4.98 Å². The van der Waals surface area contributed by atoms with E-state index in [1.165, 1.54) is 22.2 Å². The minimum absolute atomic E-state index is 0.0275. The summed E-state index contributed by atoms with van der Waals surface area (Å²) in [5.41, 5.74) is 0.722. The van der Waals surface area contributed by atoms with Crippen LogP contribution >= 0.6 is 11.3 Å². The van der Waals surface area contributed by atoms with E-state index < -0.39 is 0 Å². The number of nitrogens with zero attached hydrogens (tertiary/aromatic N) is 3. The van der Waals surface area contributed by atoms with Crippen molar-refractivity contribution in [2.45, 2.75) is 33.2 Å². The number of thiophene rings is 1. The third-order valence-electron chi connectivity index (χ3n) is 4.25. The van der Waals surface area contributed by atoms with Crippen LogP contribution in [0.1, 0.15) is 23.3 Å². The van der Waals surface area contributed by atoms with Crippen LogP contribution in [-0.4, -0.2) is 60.0 Å². The molecule has 0 saturated heterocycles. The van der Waals surface area contributed by atoms with E-state index in [1.54, 1.807) is 0 Å². The van der Waals surface area contributed by atoms with Crippen LogP contribution in [0.2, 0.25) is 0 Å². The fraction of sp³-hybridized carbons (Fsp3) is 0.556. The van der Waals surface area contributed by atoms with Gasteiger partial charge >= 0.3 is 0 Å². The van der Waals surface area contributed by atoms with E-state index in [1.807, 2.05) is 32.8 Å². The molecule has 2 amide bonds. The number of nitrogens with one attached hydrogen (secondary N) is 2. The standard InChI is InChI=1S/C18H27N5O3S/c1-12-13(2)27-17-16(12)18(26)23(11-21-17)10-15(25)19-7-5-6-14(24)20-8-9-22(3)4/h11H,5-10H2,1-4H3,(H,19,25)(H,20,24). The first-order valence-electron chi connectivity index (χ1n) is 8.93. The summed E-state index contributed by atoms with van der Waals surface area (Å²) in [5, 5.41) is 6.16. The van der Waals surface area contributed by atoms with Gasteiger partial charge in [0.25, 0.3) is 5.56 Å². The van der Waals surface area contributed by atoms with Gasteiger partial charge in [0.1, 0.15) is 11.4 Å². The summed E-state index contributed by atoms with van der Waals surface area (Å²) in [4.78, 5) is 44.3. The second-order valence-corrected chi connectivity index (χ2v) is 7.95. The van der Waals surface area contributed by atoms with Crippen LogP contribution in [0.4, 0.5) is 0 Å². The van der Waals surface area contributed by atoms with Crippen molar-refractivity contribution in [1.29, 1.82) is 0 Å². The van der Waals surface area contributed by atoms with Gasteiger partial charge in [0.15, 0.2) is 0 Å². The number of aryl methyl sites for hydroxylation is 2. The predicted molar refractivity (Wildman–Crippen MR) is 107 cm³/mol. The highest BCUT2D eigenvalue weighted by Gasteiger charge is 2.13. The van der Waals surface area contributed by atoms with Crippen molar-refractivity contribution in [2.75, 3.05) is 33.7 Å². The lowest BCUT2D eigenvalue weighted by Crippen LogP contribution is -2.34. The van der Waals surface area contributed by atoms with E-state index >= 15 is 0 Å². The number of hydrogen-bond donors (Lipinski definition) is 2. The SMILES string of the molecule is Cc1sc2ncn(CC(=O)NCCCC(=O)NCCN(C)C)c(=O)c2c1C. The van der Waals surface area contributed by atoms with Crippen molar-refractivity contribution < 1.29 is 9.59 Å². The van der Waals surface area contributed by atoms with E-state index in [-0.39, 0.29) is 23.9 Å². The third-order valence-corrected chi connectivity index (χ3v) is 5.37. The molecule has 2 aromatic rings. The molecule has 0 atom stereocenters. The second-order valence-electron chi connectivity index (χ2n) is 6.75. The molecule has 0 aliphatic heterocycles. The monoisotopic (exact) mass is 393 g/mol. The molecule has 148 valence electrons. The van der Waals surface area contributed by atoms with Gasteiger partial charge in [-0.15, -0.1) is 11.3 Å². The fourth-order valence-corrected chi connectivity index (χ4v) is 3.56. The fourth-order valence-electron chi connectivity index (χ4n) is 2.58. The molecule has 0 aromatic carbocycles. The topological polar surface area (TPSA) is 96.3 Å². The number of fused-ring (bicyclic) bond motifs is 1. The Kier molecular flexibility index (Phi) is 7.49. The zero-order valence-corrected chi connectivity index (χ0v) is 17.1. The Morgan fingerprint density at radius 2 is 1.89 bits per heavy atom. The largest absolute Gasteiger partial charge is 0.355 e. The van der Waals surface area contributed by atoms with Gasteiger partial charge in [-0.1, -0.05) is 0 Å². The summed E-state index contributed by atoms with van der Waals surface area (Å²) in [6.07, 6.45) is 2.32. The molecule has 0 unspecified atom stereocenters. The van der Waals surface area contributed by atoms with Crippen molar-refractivity contribution in [3.05, 3.63) is 27.1 Å². The summed E-state index contributed by atoms with van der Waals surface area (Å²) >= 11 is 1.48. The average molecular weight is 394 g/mol. The Labute approximate surface area is 162 Å². The Morgan fingerprint density at radius 1 is 1.19 bits per heavy atom. The smallest absolute Gasteiger partial charge is 0.262 e. The molecule has 0 radical (unpaired) electrons. The molecule has 0 saturated carbocycles. The number of amides is 2. The number of aromatic nitrogens is 2. The Hall–Kier alpha value is -2.26. The number of carbonyl (C=O) groups excluding carboxylic acids is 2. The zero-order chi connectivity index (χ0) is 20.0. The van der Waals surface area contributed by atoms with Gasteiger partial charge in [-0.2, -0.15) is 0 Å². The van der Waals surface area contributed by atoms with Crippen molar-refractivity contribution in [1.82, 2.24) is 25.1 Å². The number of carbonyl (C=O) groups is 2. The van der Waals surface area contributed by atoms with Gasteiger partial charge < -0.3 is 15.5 Å². The Morgan fingerprint density at radius 3 is 2.59 bits per heavy atom. The highest BCUT2D eigenvalue weighted by Crippen LogP contribution is 2.25. The highest BCUT2D eigenvalue weighted by atomic mass is 32.1. The number of likely N-dealkylation sites (N-methyl/N-ethyl adjacent to an activating group) is 1. The van der Waals surface area contributed by atoms with E-state index in [0.29, 0.717) is 36.1 Å². The third kappa shape index (κ3) is 5.86. The number of hydrogen-bond acceptors (Lipinski definition) is 6. The van der Waals surface area contributed by atoms with E-state index in [0.717, 1.165) is 17.0 Å². The Balaban J connectivity index is 1.79. The van der Waals surface area contributed by atoms with Crippen molar-refractivity contribution in [3.63, 3.8) is 0 Å². The predicted octanol–water partition coefficient (Wildman–Crippen LogP) is 0.649. The molecule has 2 aromatic heterocycles. The van der Waals surface area contributed by atoms with Crippen LogP contribution in [-0.2, 0) is 16.1 Å². The molecule has 0 aliphatic rings. The Bertz CT molecular complexity index is 872. The van der Waals surface area contributed by atoms with Crippen LogP contribution in [0, 0.1) is 13.8 Å². The van der Waals surface area contributed by atoms with Crippen LogP contribution < -0.4 is 16.2 Å². The molecule has 0 fully saturated rings. The molecule has 9 heteroatoms. The molecule has 0 bridgehead atoms. The molecule has 0 spiro atoms. The summed E-state index contributed by atoms with van der Waals surface area (Å²) in [6.45, 7) is 5.56. The molecule has 27 heavy (non-hydrogen) atoms. The molecular weight excluding hydrogens is 366 g/mol. The zero-order valence-electron chi connectivity index (χ0n) is 16.3. The van der Waals surface area contributed by atoms with E-state index in [9.17, 15) is 14.4 Å². The molecule has 2 rings (SSSR count). The molecule has 2 N–H and O–H groups in total. The first kappa shape index (κ1) is 21.0. The van der Waals surface area contributed by atoms with Gasteiger partial charge in [-0.05, 0) is 39.9 Å². The lowest BCUT2D eigenvalue weighted by atomic mass is 10.2. The van der Waals surface area contributed by atoms with Gasteiger partial charge in [0.2, 0.25) is 11.8 Å². The number of rotatable bonds is 9. The van der Waals surface area contributed by atoms with Crippen LogP contribution in [0.25, 0.3) is 10.2 Å². The highest BCUT2D eigenvalue weighted by molar-refractivity contribution is 7.18. The van der Waals surface area contributed by atoms with Crippen molar-refractivity contribution >= 4 is 33.4 Å². The molecule has 8 nitrogen and oxygen atoms in total. The summed E-state index contributed by atoms with van der Waals surface area (Å²) in [5.74, 6) is -0.295. The minimum Gasteiger partial charge on any atom is -0.355 e. The second kappa shape index (κ2) is 9.61. The van der Waals surface area contributed by atoms with Crippen molar-refractivity contribution in [2.24, 2.45) is 0 Å². The van der Waals surface area contributed by atoms with Gasteiger partial charge in [0, 0.05) is 30.9 Å². The van der Waals surface area contributed by atoms with Crippen LogP contribution in [0.15, 0.2) is 11.1 Å². The summed E-state index contributed by atoms with van der Waals surface area (Å²) in [7, 11) is 3.89.